The SMILES string of the molecule is CC(NS(=O)(=O)c1cnn(C)c1)C(=N)N. The molecule has 1 aromatic heterocycles. The summed E-state index contributed by atoms with van der Waals surface area (Å²) in [7, 11) is -2.02. The summed E-state index contributed by atoms with van der Waals surface area (Å²) >= 11 is 0. The van der Waals surface area contributed by atoms with Crippen LogP contribution in [0.2, 0.25) is 0 Å². The molecule has 7 nitrogen and oxygen atoms in total. The molecule has 0 aliphatic heterocycles. The molecule has 0 spiro atoms. The van der Waals surface area contributed by atoms with Gasteiger partial charge in [0.25, 0.3) is 0 Å². The second-order valence-electron chi connectivity index (χ2n) is 3.15. The van der Waals surface area contributed by atoms with E-state index in [2.05, 4.69) is 9.82 Å². The molecule has 0 radical (unpaired) electrons. The second kappa shape index (κ2) is 3.99. The van der Waals surface area contributed by atoms with Crippen LogP contribution in [0.25, 0.3) is 0 Å². The van der Waals surface area contributed by atoms with Gasteiger partial charge in [-0.1, -0.05) is 0 Å². The van der Waals surface area contributed by atoms with Crippen LogP contribution in [0.3, 0.4) is 0 Å². The quantitative estimate of drug-likeness (QED) is 0.456. The van der Waals surface area contributed by atoms with Gasteiger partial charge in [0.15, 0.2) is 0 Å². The average Bonchev–Trinajstić information content (AvgIpc) is 2.51. The van der Waals surface area contributed by atoms with E-state index in [-0.39, 0.29) is 10.7 Å². The molecular formula is C7H13N5O2S. The summed E-state index contributed by atoms with van der Waals surface area (Å²) in [6.45, 7) is 1.50. The number of sulfonamides is 1. The average molecular weight is 231 g/mol. The molecule has 0 aliphatic rings. The Labute approximate surface area is 87.8 Å². The van der Waals surface area contributed by atoms with Crippen molar-refractivity contribution in [1.82, 2.24) is 14.5 Å². The van der Waals surface area contributed by atoms with Crippen molar-refractivity contribution in [2.24, 2.45) is 12.8 Å². The number of nitrogens with two attached hydrogens (primary N) is 1. The minimum absolute atomic E-state index is 0.0538. The van der Waals surface area contributed by atoms with E-state index in [1.807, 2.05) is 0 Å². The fourth-order valence-electron chi connectivity index (χ4n) is 0.902. The van der Waals surface area contributed by atoms with Gasteiger partial charge >= 0.3 is 0 Å². The molecule has 4 N–H and O–H groups in total. The molecule has 0 fully saturated rings. The smallest absolute Gasteiger partial charge is 0.244 e. The molecule has 84 valence electrons. The third-order valence-corrected chi connectivity index (χ3v) is 3.29. The highest BCUT2D eigenvalue weighted by Crippen LogP contribution is 2.06. The predicted octanol–water partition coefficient (Wildman–Crippen LogP) is -0.977. The van der Waals surface area contributed by atoms with Gasteiger partial charge in [0.2, 0.25) is 10.0 Å². The van der Waals surface area contributed by atoms with Gasteiger partial charge in [-0.25, -0.2) is 13.1 Å². The number of aromatic nitrogens is 2. The van der Waals surface area contributed by atoms with Crippen molar-refractivity contribution in [2.45, 2.75) is 17.9 Å². The summed E-state index contributed by atoms with van der Waals surface area (Å²) < 4.78 is 26.9. The fraction of sp³-hybridized carbons (Fsp3) is 0.429. The molecule has 1 aromatic rings. The van der Waals surface area contributed by atoms with Crippen molar-refractivity contribution in [3.8, 4) is 0 Å². The standard InChI is InChI=1S/C7H13N5O2S/c1-5(7(8)9)11-15(13,14)6-3-10-12(2)4-6/h3-5,11H,1-2H3,(H3,8,9). The van der Waals surface area contributed by atoms with Crippen molar-refractivity contribution in [3.05, 3.63) is 12.4 Å². The molecular weight excluding hydrogens is 218 g/mol. The van der Waals surface area contributed by atoms with Crippen LogP contribution >= 0.6 is 0 Å². The molecule has 1 rings (SSSR count). The van der Waals surface area contributed by atoms with Crippen molar-refractivity contribution < 1.29 is 8.42 Å². The molecule has 0 aromatic carbocycles. The molecule has 0 bridgehead atoms. The predicted molar refractivity (Wildman–Crippen MR) is 54.9 cm³/mol. The number of aryl methyl sites for hydroxylation is 1. The summed E-state index contributed by atoms with van der Waals surface area (Å²) in [6, 6.07) is -0.727. The Bertz CT molecular complexity index is 463. The molecule has 1 heterocycles. The van der Waals surface area contributed by atoms with E-state index in [1.165, 1.54) is 24.0 Å². The van der Waals surface area contributed by atoms with E-state index in [0.29, 0.717) is 0 Å². The first-order chi connectivity index (χ1) is 6.83. The van der Waals surface area contributed by atoms with Gasteiger partial charge in [-0.2, -0.15) is 5.10 Å². The maximum atomic E-state index is 11.6. The number of nitrogens with zero attached hydrogens (tertiary/aromatic N) is 2. The minimum Gasteiger partial charge on any atom is -0.386 e. The fourth-order valence-corrected chi connectivity index (χ4v) is 2.11. The van der Waals surface area contributed by atoms with Gasteiger partial charge in [0.1, 0.15) is 10.7 Å². The number of nitrogens with one attached hydrogen (secondary N) is 2. The zero-order chi connectivity index (χ0) is 11.6. The number of amidine groups is 1. The van der Waals surface area contributed by atoms with Crippen molar-refractivity contribution in [1.29, 1.82) is 5.41 Å². The van der Waals surface area contributed by atoms with Gasteiger partial charge in [-0.15, -0.1) is 0 Å². The van der Waals surface area contributed by atoms with Crippen LogP contribution < -0.4 is 10.5 Å². The van der Waals surface area contributed by atoms with Crippen LogP contribution in [0, 0.1) is 5.41 Å². The van der Waals surface area contributed by atoms with Crippen LogP contribution in [0.5, 0.6) is 0 Å². The molecule has 0 aliphatic carbocycles. The van der Waals surface area contributed by atoms with Gasteiger partial charge < -0.3 is 5.73 Å². The van der Waals surface area contributed by atoms with Crippen molar-refractivity contribution >= 4 is 15.9 Å². The van der Waals surface area contributed by atoms with E-state index >= 15 is 0 Å². The molecule has 0 amide bonds. The number of hydrogen-bond donors (Lipinski definition) is 3. The van der Waals surface area contributed by atoms with Crippen molar-refractivity contribution in [2.75, 3.05) is 0 Å². The van der Waals surface area contributed by atoms with Crippen molar-refractivity contribution in [3.63, 3.8) is 0 Å². The Balaban J connectivity index is 2.90. The number of rotatable bonds is 4. The van der Waals surface area contributed by atoms with Gasteiger partial charge in [0, 0.05) is 13.2 Å². The highest BCUT2D eigenvalue weighted by Gasteiger charge is 2.19. The zero-order valence-electron chi connectivity index (χ0n) is 8.43. The Morgan fingerprint density at radius 2 is 2.33 bits per heavy atom. The van der Waals surface area contributed by atoms with Crippen LogP contribution in [0.4, 0.5) is 0 Å². The first kappa shape index (κ1) is 11.7. The summed E-state index contributed by atoms with van der Waals surface area (Å²) in [6.07, 6.45) is 2.60. The lowest BCUT2D eigenvalue weighted by Crippen LogP contribution is -2.41. The van der Waals surface area contributed by atoms with E-state index in [0.717, 1.165) is 0 Å². The third kappa shape index (κ3) is 2.77. The normalized spacial score (nSPS) is 13.7. The summed E-state index contributed by atoms with van der Waals surface area (Å²) in [5, 5.41) is 10.8. The zero-order valence-corrected chi connectivity index (χ0v) is 9.25. The summed E-state index contributed by atoms with van der Waals surface area (Å²) in [5.41, 5.74) is 5.16. The molecule has 8 heteroatoms. The van der Waals surface area contributed by atoms with Gasteiger partial charge in [-0.05, 0) is 6.92 Å². The highest BCUT2D eigenvalue weighted by atomic mass is 32.2. The van der Waals surface area contributed by atoms with Gasteiger partial charge in [-0.3, -0.25) is 10.1 Å². The third-order valence-electron chi connectivity index (χ3n) is 1.79. The molecule has 1 unspecified atom stereocenters. The molecule has 0 saturated carbocycles. The Hall–Kier alpha value is -1.41. The molecule has 1 atom stereocenters. The largest absolute Gasteiger partial charge is 0.386 e. The second-order valence-corrected chi connectivity index (χ2v) is 4.86. The lowest BCUT2D eigenvalue weighted by molar-refractivity contribution is 0.578. The maximum absolute atomic E-state index is 11.6. The van der Waals surface area contributed by atoms with E-state index in [1.54, 1.807) is 7.05 Å². The molecule has 15 heavy (non-hydrogen) atoms. The highest BCUT2D eigenvalue weighted by molar-refractivity contribution is 7.89. The lowest BCUT2D eigenvalue weighted by atomic mass is 10.3. The first-order valence-corrected chi connectivity index (χ1v) is 5.66. The number of hydrogen-bond acceptors (Lipinski definition) is 4. The van der Waals surface area contributed by atoms with Crippen LogP contribution in [0.15, 0.2) is 17.3 Å². The van der Waals surface area contributed by atoms with Crippen LogP contribution in [-0.2, 0) is 17.1 Å². The Kier molecular flexibility index (Phi) is 3.10. The maximum Gasteiger partial charge on any atom is 0.244 e. The minimum atomic E-state index is -3.64. The van der Waals surface area contributed by atoms with Gasteiger partial charge in [0.05, 0.1) is 12.2 Å². The van der Waals surface area contributed by atoms with E-state index in [9.17, 15) is 8.42 Å². The lowest BCUT2D eigenvalue weighted by Gasteiger charge is -2.10. The van der Waals surface area contributed by atoms with Crippen LogP contribution in [-0.4, -0.2) is 30.1 Å². The topological polar surface area (TPSA) is 114 Å². The summed E-state index contributed by atoms with van der Waals surface area (Å²) in [5.74, 6) is -0.234. The molecule has 0 saturated heterocycles. The van der Waals surface area contributed by atoms with Crippen LogP contribution in [0.1, 0.15) is 6.92 Å². The monoisotopic (exact) mass is 231 g/mol. The van der Waals surface area contributed by atoms with E-state index < -0.39 is 16.1 Å². The van der Waals surface area contributed by atoms with E-state index in [4.69, 9.17) is 11.1 Å². The Morgan fingerprint density at radius 1 is 1.73 bits per heavy atom. The Morgan fingerprint density at radius 3 is 2.73 bits per heavy atom. The first-order valence-electron chi connectivity index (χ1n) is 4.18. The summed E-state index contributed by atoms with van der Waals surface area (Å²) in [4.78, 5) is 0.0538.